The molecule has 11 nitrogen and oxygen atoms in total. The average Bonchev–Trinajstić information content (AvgIpc) is 2.94. The number of ether oxygens (including phenoxy) is 3. The SMILES string of the molecule is COC(=O)C(NC(=O)C(NC(=O)CN1C(=O)c2ccccc2C1=O)OC)OC. The fraction of sp³-hybridized carbons (Fsp3) is 0.353. The van der Waals surface area contributed by atoms with Crippen molar-refractivity contribution < 1.29 is 38.2 Å². The van der Waals surface area contributed by atoms with E-state index in [1.54, 1.807) is 12.1 Å². The molecule has 2 rings (SSSR count). The summed E-state index contributed by atoms with van der Waals surface area (Å²) in [7, 11) is 3.43. The predicted octanol–water partition coefficient (Wildman–Crippen LogP) is -1.37. The zero-order valence-corrected chi connectivity index (χ0v) is 15.4. The number of amides is 4. The van der Waals surface area contributed by atoms with Crippen molar-refractivity contribution in [2.75, 3.05) is 27.9 Å². The van der Waals surface area contributed by atoms with Gasteiger partial charge < -0.3 is 24.8 Å². The van der Waals surface area contributed by atoms with E-state index >= 15 is 0 Å². The van der Waals surface area contributed by atoms with E-state index in [-0.39, 0.29) is 11.1 Å². The van der Waals surface area contributed by atoms with Crippen LogP contribution in [0.25, 0.3) is 0 Å². The highest BCUT2D eigenvalue weighted by Crippen LogP contribution is 2.21. The van der Waals surface area contributed by atoms with Crippen LogP contribution in [-0.2, 0) is 28.6 Å². The Hall–Kier alpha value is -3.31. The van der Waals surface area contributed by atoms with Crippen LogP contribution >= 0.6 is 0 Å². The minimum atomic E-state index is -1.50. The Balaban J connectivity index is 1.99. The van der Waals surface area contributed by atoms with E-state index in [2.05, 4.69) is 15.4 Å². The van der Waals surface area contributed by atoms with Crippen LogP contribution in [0.5, 0.6) is 0 Å². The zero-order chi connectivity index (χ0) is 20.8. The molecule has 0 saturated carbocycles. The van der Waals surface area contributed by atoms with Crippen molar-refractivity contribution in [2.24, 2.45) is 0 Å². The highest BCUT2D eigenvalue weighted by Gasteiger charge is 2.37. The number of hydrogen-bond donors (Lipinski definition) is 2. The van der Waals surface area contributed by atoms with Gasteiger partial charge in [-0.1, -0.05) is 12.1 Å². The maximum Gasteiger partial charge on any atom is 0.356 e. The lowest BCUT2D eigenvalue weighted by atomic mass is 10.1. The molecule has 28 heavy (non-hydrogen) atoms. The van der Waals surface area contributed by atoms with Crippen LogP contribution in [-0.4, -0.2) is 74.8 Å². The molecule has 2 N–H and O–H groups in total. The summed E-state index contributed by atoms with van der Waals surface area (Å²) in [5.74, 6) is -3.79. The normalized spacial score (nSPS) is 14.9. The number of nitrogens with one attached hydrogen (secondary N) is 2. The fourth-order valence-electron chi connectivity index (χ4n) is 2.48. The second-order valence-electron chi connectivity index (χ2n) is 5.57. The third kappa shape index (κ3) is 4.32. The van der Waals surface area contributed by atoms with Gasteiger partial charge in [-0.15, -0.1) is 0 Å². The molecule has 0 fully saturated rings. The first-order valence-electron chi connectivity index (χ1n) is 8.02. The van der Waals surface area contributed by atoms with Gasteiger partial charge in [0.2, 0.25) is 18.4 Å². The quantitative estimate of drug-likeness (QED) is 0.313. The lowest BCUT2D eigenvalue weighted by Gasteiger charge is -2.21. The summed E-state index contributed by atoms with van der Waals surface area (Å²) < 4.78 is 14.1. The summed E-state index contributed by atoms with van der Waals surface area (Å²) in [6.45, 7) is -0.607. The van der Waals surface area contributed by atoms with Gasteiger partial charge in [0.1, 0.15) is 6.54 Å². The minimum Gasteiger partial charge on any atom is -0.466 e. The largest absolute Gasteiger partial charge is 0.466 e. The maximum absolute atomic E-state index is 12.3. The standard InChI is InChI=1S/C17H19N3O8/c1-26-13(12(22)19-14(27-2)17(25)28-3)18-11(21)8-20-15(23)9-6-4-5-7-10(9)16(20)24/h4-7,13-14H,8H2,1-3H3,(H,18,21)(H,19,22). The Morgan fingerprint density at radius 1 is 0.929 bits per heavy atom. The van der Waals surface area contributed by atoms with Crippen LogP contribution < -0.4 is 10.6 Å². The summed E-state index contributed by atoms with van der Waals surface area (Å²) >= 11 is 0. The van der Waals surface area contributed by atoms with Gasteiger partial charge in [0, 0.05) is 14.2 Å². The van der Waals surface area contributed by atoms with Crippen LogP contribution in [0.2, 0.25) is 0 Å². The van der Waals surface area contributed by atoms with Gasteiger partial charge in [0.15, 0.2) is 0 Å². The molecular weight excluding hydrogens is 374 g/mol. The van der Waals surface area contributed by atoms with E-state index in [1.165, 1.54) is 19.2 Å². The summed E-state index contributed by atoms with van der Waals surface area (Å²) in [5, 5.41) is 4.40. The van der Waals surface area contributed by atoms with Gasteiger partial charge in [-0.3, -0.25) is 24.1 Å². The van der Waals surface area contributed by atoms with Gasteiger partial charge in [-0.25, -0.2) is 4.79 Å². The van der Waals surface area contributed by atoms with E-state index in [0.717, 1.165) is 19.1 Å². The van der Waals surface area contributed by atoms with Crippen molar-refractivity contribution in [1.82, 2.24) is 15.5 Å². The smallest absolute Gasteiger partial charge is 0.356 e. The molecule has 0 bridgehead atoms. The molecule has 4 amide bonds. The van der Waals surface area contributed by atoms with Gasteiger partial charge in [-0.05, 0) is 12.1 Å². The van der Waals surface area contributed by atoms with Crippen molar-refractivity contribution >= 4 is 29.6 Å². The molecule has 0 aliphatic carbocycles. The summed E-state index contributed by atoms with van der Waals surface area (Å²) in [6.07, 6.45) is -2.90. The third-order valence-corrected chi connectivity index (χ3v) is 3.87. The number of carbonyl (C=O) groups is 5. The molecule has 150 valence electrons. The Labute approximate surface area is 159 Å². The van der Waals surface area contributed by atoms with E-state index < -0.39 is 48.6 Å². The molecule has 1 aromatic rings. The molecule has 1 heterocycles. The van der Waals surface area contributed by atoms with Crippen LogP contribution in [0.15, 0.2) is 24.3 Å². The molecular formula is C17H19N3O8. The highest BCUT2D eigenvalue weighted by atomic mass is 16.6. The Kier molecular flexibility index (Phi) is 6.79. The second kappa shape index (κ2) is 9.06. The Morgan fingerprint density at radius 3 is 1.93 bits per heavy atom. The van der Waals surface area contributed by atoms with Crippen molar-refractivity contribution in [3.8, 4) is 0 Å². The maximum atomic E-state index is 12.3. The monoisotopic (exact) mass is 393 g/mol. The predicted molar refractivity (Wildman–Crippen MR) is 91.7 cm³/mol. The Bertz CT molecular complexity index is 774. The van der Waals surface area contributed by atoms with Crippen LogP contribution in [0.4, 0.5) is 0 Å². The number of esters is 1. The van der Waals surface area contributed by atoms with Crippen molar-refractivity contribution in [1.29, 1.82) is 0 Å². The lowest BCUT2D eigenvalue weighted by Crippen LogP contribution is -2.54. The van der Waals surface area contributed by atoms with Gasteiger partial charge in [0.25, 0.3) is 17.7 Å². The topological polar surface area (TPSA) is 140 Å². The lowest BCUT2D eigenvalue weighted by molar-refractivity contribution is -0.159. The molecule has 0 aromatic heterocycles. The molecule has 2 unspecified atom stereocenters. The number of rotatable bonds is 8. The number of nitrogens with zero attached hydrogens (tertiary/aromatic N) is 1. The van der Waals surface area contributed by atoms with Gasteiger partial charge in [0.05, 0.1) is 18.2 Å². The van der Waals surface area contributed by atoms with E-state index in [9.17, 15) is 24.0 Å². The third-order valence-electron chi connectivity index (χ3n) is 3.87. The molecule has 1 aromatic carbocycles. The summed E-state index contributed by atoms with van der Waals surface area (Å²) in [5.41, 5.74) is 0.393. The number of benzene rings is 1. The van der Waals surface area contributed by atoms with Crippen molar-refractivity contribution in [2.45, 2.75) is 12.5 Å². The summed E-state index contributed by atoms with van der Waals surface area (Å²) in [6, 6.07) is 6.17. The van der Waals surface area contributed by atoms with E-state index in [1.807, 2.05) is 0 Å². The highest BCUT2D eigenvalue weighted by molar-refractivity contribution is 6.22. The van der Waals surface area contributed by atoms with Gasteiger partial charge >= 0.3 is 5.97 Å². The molecule has 1 aliphatic heterocycles. The molecule has 0 spiro atoms. The number of fused-ring (bicyclic) bond motifs is 1. The summed E-state index contributed by atoms with van der Waals surface area (Å²) in [4.78, 5) is 61.1. The minimum absolute atomic E-state index is 0.197. The molecule has 0 radical (unpaired) electrons. The number of hydrogen-bond acceptors (Lipinski definition) is 8. The van der Waals surface area contributed by atoms with Crippen LogP contribution in [0, 0.1) is 0 Å². The van der Waals surface area contributed by atoms with Crippen LogP contribution in [0.3, 0.4) is 0 Å². The number of imide groups is 1. The number of methoxy groups -OCH3 is 3. The first-order chi connectivity index (χ1) is 13.3. The molecule has 0 saturated heterocycles. The first kappa shape index (κ1) is 21.0. The number of carbonyl (C=O) groups excluding carboxylic acids is 5. The van der Waals surface area contributed by atoms with Crippen LogP contribution in [0.1, 0.15) is 20.7 Å². The molecule has 11 heteroatoms. The van der Waals surface area contributed by atoms with Crippen molar-refractivity contribution in [3.63, 3.8) is 0 Å². The zero-order valence-electron chi connectivity index (χ0n) is 15.4. The second-order valence-corrected chi connectivity index (χ2v) is 5.57. The fourth-order valence-corrected chi connectivity index (χ4v) is 2.48. The van der Waals surface area contributed by atoms with Gasteiger partial charge in [-0.2, -0.15) is 0 Å². The van der Waals surface area contributed by atoms with E-state index in [0.29, 0.717) is 0 Å². The Morgan fingerprint density at radius 2 is 1.46 bits per heavy atom. The van der Waals surface area contributed by atoms with Crippen molar-refractivity contribution in [3.05, 3.63) is 35.4 Å². The molecule has 2 atom stereocenters. The first-order valence-corrected chi connectivity index (χ1v) is 8.02. The van der Waals surface area contributed by atoms with E-state index in [4.69, 9.17) is 9.47 Å². The molecule has 1 aliphatic rings. The average molecular weight is 393 g/mol.